The van der Waals surface area contributed by atoms with Gasteiger partial charge in [-0.15, -0.1) is 0 Å². The van der Waals surface area contributed by atoms with E-state index >= 15 is 0 Å². The fourth-order valence-corrected chi connectivity index (χ4v) is 5.84. The van der Waals surface area contributed by atoms with Gasteiger partial charge in [0.1, 0.15) is 0 Å². The second-order valence-corrected chi connectivity index (χ2v) is 12.3. The van der Waals surface area contributed by atoms with E-state index in [0.29, 0.717) is 12.1 Å². The van der Waals surface area contributed by atoms with E-state index in [1.165, 1.54) is 82.4 Å². The van der Waals surface area contributed by atoms with Gasteiger partial charge in [0.05, 0.1) is 17.0 Å². The van der Waals surface area contributed by atoms with Crippen molar-refractivity contribution in [3.63, 3.8) is 0 Å². The quantitative estimate of drug-likeness (QED) is 0.0956. The summed E-state index contributed by atoms with van der Waals surface area (Å²) in [5.74, 6) is -1.95. The van der Waals surface area contributed by atoms with Gasteiger partial charge in [0.2, 0.25) is 10.0 Å². The Labute approximate surface area is 246 Å². The van der Waals surface area contributed by atoms with Crippen LogP contribution in [0.4, 0.5) is 5.69 Å². The third-order valence-electron chi connectivity index (χ3n) is 6.95. The highest BCUT2D eigenvalue weighted by atomic mass is 32.2. The number of unbranched alkanes of at least 4 members (excludes halogenated alkanes) is 12. The Kier molecular flexibility index (Phi) is 16.5. The molecule has 0 bridgehead atoms. The Morgan fingerprint density at radius 1 is 0.780 bits per heavy atom. The number of anilines is 1. The number of hydrogen-bond acceptors (Lipinski definition) is 4. The molecule has 2 aromatic carbocycles. The summed E-state index contributed by atoms with van der Waals surface area (Å²) in [5.41, 5.74) is 0.434. The van der Waals surface area contributed by atoms with Crippen molar-refractivity contribution in [2.45, 2.75) is 103 Å². The van der Waals surface area contributed by atoms with Crippen LogP contribution in [-0.4, -0.2) is 31.9 Å². The number of amides is 1. The molecule has 0 aliphatic heterocycles. The molecule has 0 unspecified atom stereocenters. The minimum atomic E-state index is -3.88. The van der Waals surface area contributed by atoms with E-state index in [9.17, 15) is 23.1 Å². The van der Waals surface area contributed by atoms with E-state index in [0.717, 1.165) is 25.7 Å². The topological polar surface area (TPSA) is 113 Å². The molecule has 0 radical (unpaired) electrons. The fourth-order valence-electron chi connectivity index (χ4n) is 4.63. The summed E-state index contributed by atoms with van der Waals surface area (Å²) in [6, 6.07) is 12.5. The van der Waals surface area contributed by atoms with E-state index < -0.39 is 16.0 Å². The highest BCUT2D eigenvalue weighted by molar-refractivity contribution is 7.91. The van der Waals surface area contributed by atoms with Gasteiger partial charge in [0.15, 0.2) is 0 Å². The normalized spacial score (nSPS) is 11.5. The number of nitrogens with one attached hydrogen (secondary N) is 2. The van der Waals surface area contributed by atoms with Crippen molar-refractivity contribution in [3.8, 4) is 0 Å². The third kappa shape index (κ3) is 14.9. The number of hydrogen-bond donors (Lipinski definition) is 3. The lowest BCUT2D eigenvalue weighted by Crippen LogP contribution is -2.25. The first-order valence-corrected chi connectivity index (χ1v) is 16.8. The SMILES string of the molecule is CCCCCCCC/C=C\CCCCCCCCNC(=O)c1ccc(C(=O)O)c(NS(=O)(=O)Cc2ccccc2)c1. The van der Waals surface area contributed by atoms with Gasteiger partial charge < -0.3 is 10.4 Å². The van der Waals surface area contributed by atoms with Gasteiger partial charge >= 0.3 is 5.97 Å². The molecule has 41 heavy (non-hydrogen) atoms. The molecule has 0 saturated heterocycles. The zero-order valence-corrected chi connectivity index (χ0v) is 25.4. The molecular formula is C33H48N2O5S. The molecule has 8 heteroatoms. The predicted octanol–water partition coefficient (Wildman–Crippen LogP) is 8.09. The summed E-state index contributed by atoms with van der Waals surface area (Å²) in [4.78, 5) is 24.3. The number of aromatic carboxylic acids is 1. The molecule has 2 aromatic rings. The van der Waals surface area contributed by atoms with Crippen molar-refractivity contribution < 1.29 is 23.1 Å². The molecule has 0 aliphatic carbocycles. The number of carbonyl (C=O) groups is 2. The van der Waals surface area contributed by atoms with Gasteiger partial charge in [-0.25, -0.2) is 13.2 Å². The molecule has 0 aliphatic rings. The lowest BCUT2D eigenvalue weighted by molar-refractivity contribution is 0.0697. The van der Waals surface area contributed by atoms with Crippen molar-refractivity contribution in [1.82, 2.24) is 5.32 Å². The molecular weight excluding hydrogens is 536 g/mol. The standard InChI is InChI=1S/C33H48N2O5S/c1-2-3-4-5-6-7-8-9-10-11-12-13-14-15-16-20-25-34-32(36)29-23-24-30(33(37)38)31(26-29)35-41(39,40)27-28-21-18-17-19-22-28/h9-10,17-19,21-24,26,35H,2-8,11-16,20,25,27H2,1H3,(H,34,36)(H,37,38)/b10-9-. The van der Waals surface area contributed by atoms with Crippen LogP contribution >= 0.6 is 0 Å². The van der Waals surface area contributed by atoms with Crippen LogP contribution in [0, 0.1) is 0 Å². The first-order chi connectivity index (χ1) is 19.8. The summed E-state index contributed by atoms with van der Waals surface area (Å²) in [5, 5.41) is 12.4. The van der Waals surface area contributed by atoms with Crippen molar-refractivity contribution in [1.29, 1.82) is 0 Å². The molecule has 226 valence electrons. The summed E-state index contributed by atoms with van der Waals surface area (Å²) in [6.45, 7) is 2.76. The van der Waals surface area contributed by atoms with Crippen LogP contribution in [-0.2, 0) is 15.8 Å². The van der Waals surface area contributed by atoms with Crippen LogP contribution in [0.5, 0.6) is 0 Å². The van der Waals surface area contributed by atoms with Gasteiger partial charge in [-0.3, -0.25) is 9.52 Å². The minimum absolute atomic E-state index is 0.127. The monoisotopic (exact) mass is 584 g/mol. The van der Waals surface area contributed by atoms with Gasteiger partial charge in [-0.1, -0.05) is 107 Å². The molecule has 0 atom stereocenters. The van der Waals surface area contributed by atoms with Crippen LogP contribution < -0.4 is 10.0 Å². The minimum Gasteiger partial charge on any atom is -0.478 e. The van der Waals surface area contributed by atoms with Crippen molar-refractivity contribution >= 4 is 27.6 Å². The number of sulfonamides is 1. The molecule has 1 amide bonds. The van der Waals surface area contributed by atoms with E-state index in [2.05, 4.69) is 29.1 Å². The molecule has 2 rings (SSSR count). The number of carboxylic acids is 1. The highest BCUT2D eigenvalue weighted by Gasteiger charge is 2.19. The molecule has 0 heterocycles. The average molecular weight is 585 g/mol. The van der Waals surface area contributed by atoms with Crippen LogP contribution in [0.1, 0.15) is 123 Å². The zero-order valence-electron chi connectivity index (χ0n) is 24.6. The zero-order chi connectivity index (χ0) is 29.8. The molecule has 0 saturated carbocycles. The summed E-state index contributed by atoms with van der Waals surface area (Å²) in [7, 11) is -3.88. The Morgan fingerprint density at radius 2 is 1.37 bits per heavy atom. The first-order valence-electron chi connectivity index (χ1n) is 15.2. The fraction of sp³-hybridized carbons (Fsp3) is 0.515. The predicted molar refractivity (Wildman–Crippen MR) is 168 cm³/mol. The number of benzene rings is 2. The van der Waals surface area contributed by atoms with Crippen LogP contribution in [0.25, 0.3) is 0 Å². The largest absolute Gasteiger partial charge is 0.478 e. The van der Waals surface area contributed by atoms with Gasteiger partial charge in [0, 0.05) is 12.1 Å². The Bertz CT molecular complexity index is 1180. The molecule has 3 N–H and O–H groups in total. The summed E-state index contributed by atoms with van der Waals surface area (Å²) in [6.07, 6.45) is 21.7. The lowest BCUT2D eigenvalue weighted by atomic mass is 10.1. The second-order valence-electron chi connectivity index (χ2n) is 10.6. The number of rotatable bonds is 22. The van der Waals surface area contributed by atoms with Gasteiger partial charge in [0.25, 0.3) is 5.91 Å². The Balaban J connectivity index is 1.65. The maximum atomic E-state index is 12.7. The lowest BCUT2D eigenvalue weighted by Gasteiger charge is -2.13. The van der Waals surface area contributed by atoms with Crippen molar-refractivity contribution in [2.75, 3.05) is 11.3 Å². The van der Waals surface area contributed by atoms with E-state index in [1.54, 1.807) is 30.3 Å². The highest BCUT2D eigenvalue weighted by Crippen LogP contribution is 2.21. The molecule has 0 spiro atoms. The third-order valence-corrected chi connectivity index (χ3v) is 8.20. The number of allylic oxidation sites excluding steroid dienone is 2. The maximum absolute atomic E-state index is 12.7. The molecule has 7 nitrogen and oxygen atoms in total. The average Bonchev–Trinajstić information content (AvgIpc) is 2.94. The number of carbonyl (C=O) groups excluding carboxylic acids is 1. The van der Waals surface area contributed by atoms with E-state index in [-0.39, 0.29) is 28.5 Å². The Hall–Kier alpha value is -3.13. The van der Waals surface area contributed by atoms with Crippen molar-refractivity contribution in [2.24, 2.45) is 0 Å². The van der Waals surface area contributed by atoms with Crippen molar-refractivity contribution in [3.05, 3.63) is 77.4 Å². The maximum Gasteiger partial charge on any atom is 0.337 e. The van der Waals surface area contributed by atoms with E-state index in [1.807, 2.05) is 0 Å². The van der Waals surface area contributed by atoms with Gasteiger partial charge in [-0.2, -0.15) is 0 Å². The van der Waals surface area contributed by atoms with Gasteiger partial charge in [-0.05, 0) is 55.9 Å². The Morgan fingerprint density at radius 3 is 1.98 bits per heavy atom. The number of carboxylic acid groups (broad SMARTS) is 1. The second kappa shape index (κ2) is 19.9. The summed E-state index contributed by atoms with van der Waals surface area (Å²) >= 11 is 0. The summed E-state index contributed by atoms with van der Waals surface area (Å²) < 4.78 is 27.7. The smallest absolute Gasteiger partial charge is 0.337 e. The van der Waals surface area contributed by atoms with Crippen LogP contribution in [0.3, 0.4) is 0 Å². The van der Waals surface area contributed by atoms with Crippen LogP contribution in [0.15, 0.2) is 60.7 Å². The van der Waals surface area contributed by atoms with E-state index in [4.69, 9.17) is 0 Å². The molecule has 0 fully saturated rings. The van der Waals surface area contributed by atoms with Crippen LogP contribution in [0.2, 0.25) is 0 Å². The first kappa shape index (κ1) is 34.1. The molecule has 0 aromatic heterocycles.